The van der Waals surface area contributed by atoms with E-state index in [0.717, 1.165) is 43.0 Å². The van der Waals surface area contributed by atoms with Gasteiger partial charge < -0.3 is 10.2 Å². The molecule has 0 aliphatic carbocycles. The molecule has 278 valence electrons. The van der Waals surface area contributed by atoms with Crippen molar-refractivity contribution < 1.29 is 10.2 Å². The van der Waals surface area contributed by atoms with Gasteiger partial charge in [-0.3, -0.25) is 0 Å². The van der Waals surface area contributed by atoms with Gasteiger partial charge in [-0.15, -0.1) is 0 Å². The fourth-order valence-electron chi connectivity index (χ4n) is 10.0. The third-order valence-electron chi connectivity index (χ3n) is 12.2. The Morgan fingerprint density at radius 1 is 0.339 bits per heavy atom. The summed E-state index contributed by atoms with van der Waals surface area (Å²) in [4.78, 5) is 0. The van der Waals surface area contributed by atoms with Crippen LogP contribution in [0.5, 0.6) is 11.5 Å². The highest BCUT2D eigenvalue weighted by Crippen LogP contribution is 2.48. The molecular weight excluding hydrogens is 713 g/mol. The maximum absolute atomic E-state index is 13.3. The molecule has 0 radical (unpaired) electrons. The maximum Gasteiger partial charge on any atom is 0.154 e. The molecular formula is C52H50O2Si2. The Bertz CT molecular complexity index is 2390. The molecule has 0 fully saturated rings. The molecule has 0 saturated heterocycles. The monoisotopic (exact) mass is 762 g/mol. The lowest BCUT2D eigenvalue weighted by atomic mass is 9.95. The average molecular weight is 763 g/mol. The van der Waals surface area contributed by atoms with E-state index in [-0.39, 0.29) is 21.6 Å². The van der Waals surface area contributed by atoms with Crippen molar-refractivity contribution in [2.45, 2.75) is 51.6 Å². The summed E-state index contributed by atoms with van der Waals surface area (Å²) in [7, 11) is -6.27. The third-order valence-corrected chi connectivity index (χ3v) is 23.9. The molecule has 0 aromatic heterocycles. The first kappa shape index (κ1) is 37.2. The number of rotatable bonds is 7. The van der Waals surface area contributed by atoms with Gasteiger partial charge in [-0.1, -0.05) is 224 Å². The van der Waals surface area contributed by atoms with Crippen molar-refractivity contribution >= 4 is 68.8 Å². The van der Waals surface area contributed by atoms with Crippen LogP contribution in [0.4, 0.5) is 0 Å². The van der Waals surface area contributed by atoms with E-state index >= 15 is 0 Å². The molecule has 0 unspecified atom stereocenters. The molecule has 2 nitrogen and oxygen atoms in total. The van der Waals surface area contributed by atoms with E-state index in [1.165, 1.54) is 20.7 Å². The maximum atomic E-state index is 13.3. The second-order valence-corrected chi connectivity index (χ2v) is 26.6. The second kappa shape index (κ2) is 14.1. The molecule has 0 aliphatic heterocycles. The first-order chi connectivity index (χ1) is 26.9. The summed E-state index contributed by atoms with van der Waals surface area (Å²) in [5.74, 6) is 0.409. The van der Waals surface area contributed by atoms with Gasteiger partial charge in [-0.25, -0.2) is 0 Å². The fraction of sp³-hybridized carbons (Fsp3) is 0.154. The van der Waals surface area contributed by atoms with Crippen LogP contribution in [0.25, 0.3) is 32.7 Å². The van der Waals surface area contributed by atoms with Gasteiger partial charge in [0.2, 0.25) is 0 Å². The topological polar surface area (TPSA) is 40.5 Å². The van der Waals surface area contributed by atoms with E-state index in [2.05, 4.69) is 199 Å². The standard InChI is InChI=1S/C52H50O2Si2/c1-51(2,3)55(39-25-11-7-12-26-39,40-27-13-8-14-28-40)45-35-37-23-19-21-33-43(37)49(53)47(45)48-46(36-38-24-20-22-34-44(38)50(48)54)56(52(4,5)6,41-29-15-9-16-30-41)42-31-17-10-18-32-42/h7-36,53-54H,1-6H3. The van der Waals surface area contributed by atoms with E-state index in [9.17, 15) is 10.2 Å². The highest BCUT2D eigenvalue weighted by Gasteiger charge is 2.54. The largest absolute Gasteiger partial charge is 0.507 e. The number of hydrogen-bond donors (Lipinski definition) is 2. The van der Waals surface area contributed by atoms with E-state index in [0.29, 0.717) is 0 Å². The van der Waals surface area contributed by atoms with Gasteiger partial charge in [-0.2, -0.15) is 0 Å². The van der Waals surface area contributed by atoms with Crippen molar-refractivity contribution in [3.63, 3.8) is 0 Å². The van der Waals surface area contributed by atoms with Crippen molar-refractivity contribution in [2.24, 2.45) is 0 Å². The number of benzene rings is 8. The SMILES string of the molecule is CC(C)(C)[Si](c1ccccc1)(c1ccccc1)c1cc2ccccc2c(O)c1-c1c([Si](c2ccccc2)(c2ccccc2)C(C)(C)C)cc2ccccc2c1O. The minimum absolute atomic E-state index is 0.204. The molecule has 0 saturated carbocycles. The Balaban J connectivity index is 1.69. The lowest BCUT2D eigenvalue weighted by Crippen LogP contribution is -2.74. The first-order valence-electron chi connectivity index (χ1n) is 19.6. The molecule has 0 heterocycles. The molecule has 2 N–H and O–H groups in total. The van der Waals surface area contributed by atoms with Gasteiger partial charge in [0, 0.05) is 21.9 Å². The summed E-state index contributed by atoms with van der Waals surface area (Å²) < 4.78 is 0. The highest BCUT2D eigenvalue weighted by molar-refractivity contribution is 7.15. The van der Waals surface area contributed by atoms with Crippen LogP contribution < -0.4 is 31.1 Å². The van der Waals surface area contributed by atoms with Gasteiger partial charge in [-0.05, 0) is 52.0 Å². The van der Waals surface area contributed by atoms with Crippen LogP contribution in [0.15, 0.2) is 182 Å². The Kier molecular flexibility index (Phi) is 9.39. The Hall–Kier alpha value is -5.69. The van der Waals surface area contributed by atoms with E-state index in [4.69, 9.17) is 0 Å². The summed E-state index contributed by atoms with van der Waals surface area (Å²) in [6.07, 6.45) is 0. The molecule has 56 heavy (non-hydrogen) atoms. The lowest BCUT2D eigenvalue weighted by molar-refractivity contribution is 0.476. The van der Waals surface area contributed by atoms with Crippen molar-refractivity contribution in [3.8, 4) is 22.6 Å². The second-order valence-electron chi connectivity index (χ2n) is 17.2. The van der Waals surface area contributed by atoms with Crippen molar-refractivity contribution in [2.75, 3.05) is 0 Å². The van der Waals surface area contributed by atoms with E-state index in [1.807, 2.05) is 24.3 Å². The van der Waals surface area contributed by atoms with Gasteiger partial charge in [0.15, 0.2) is 16.1 Å². The molecule has 8 aromatic carbocycles. The zero-order valence-corrected chi connectivity index (χ0v) is 35.2. The van der Waals surface area contributed by atoms with Gasteiger partial charge >= 0.3 is 0 Å². The van der Waals surface area contributed by atoms with Crippen LogP contribution >= 0.6 is 0 Å². The van der Waals surface area contributed by atoms with Crippen LogP contribution in [0.1, 0.15) is 41.5 Å². The summed E-state index contributed by atoms with van der Waals surface area (Å²) in [5.41, 5.74) is 1.45. The summed E-state index contributed by atoms with van der Waals surface area (Å²) in [6, 6.07) is 64.9. The number of phenols is 2. The van der Waals surface area contributed by atoms with Crippen molar-refractivity contribution in [1.82, 2.24) is 0 Å². The smallest absolute Gasteiger partial charge is 0.154 e. The van der Waals surface area contributed by atoms with Crippen LogP contribution in [-0.2, 0) is 0 Å². The fourth-order valence-corrected chi connectivity index (χ4v) is 21.7. The Morgan fingerprint density at radius 3 is 0.857 bits per heavy atom. The zero-order chi connectivity index (χ0) is 39.3. The predicted octanol–water partition coefficient (Wildman–Crippen LogP) is 9.61. The Morgan fingerprint density at radius 2 is 0.589 bits per heavy atom. The summed E-state index contributed by atoms with van der Waals surface area (Å²) in [5, 5.41) is 36.6. The van der Waals surface area contributed by atoms with Crippen LogP contribution in [0.3, 0.4) is 0 Å². The summed E-state index contributed by atoms with van der Waals surface area (Å²) in [6.45, 7) is 14.2. The molecule has 0 aliphatic rings. The van der Waals surface area contributed by atoms with Crippen molar-refractivity contribution in [3.05, 3.63) is 182 Å². The number of aromatic hydroxyl groups is 2. The Labute approximate surface area is 333 Å². The molecule has 0 amide bonds. The van der Waals surface area contributed by atoms with Crippen LogP contribution in [0, 0.1) is 0 Å². The minimum atomic E-state index is -3.13. The zero-order valence-electron chi connectivity index (χ0n) is 33.2. The van der Waals surface area contributed by atoms with E-state index < -0.39 is 16.1 Å². The molecule has 8 rings (SSSR count). The minimum Gasteiger partial charge on any atom is -0.507 e. The third kappa shape index (κ3) is 5.65. The molecule has 0 spiro atoms. The predicted molar refractivity (Wildman–Crippen MR) is 245 cm³/mol. The lowest BCUT2D eigenvalue weighted by Gasteiger charge is -2.47. The molecule has 0 bridgehead atoms. The normalized spacial score (nSPS) is 12.6. The van der Waals surface area contributed by atoms with Gasteiger partial charge in [0.05, 0.1) is 0 Å². The van der Waals surface area contributed by atoms with Crippen LogP contribution in [-0.4, -0.2) is 26.4 Å². The number of phenolic OH excluding ortho intramolecular Hbond substituents is 2. The molecule has 8 aromatic rings. The summed E-state index contributed by atoms with van der Waals surface area (Å²) >= 11 is 0. The van der Waals surface area contributed by atoms with Crippen molar-refractivity contribution in [1.29, 1.82) is 0 Å². The quantitative estimate of drug-likeness (QED) is 0.126. The van der Waals surface area contributed by atoms with Gasteiger partial charge in [0.1, 0.15) is 11.5 Å². The molecule has 0 atom stereocenters. The van der Waals surface area contributed by atoms with Gasteiger partial charge in [0.25, 0.3) is 0 Å². The molecule has 4 heteroatoms. The van der Waals surface area contributed by atoms with Crippen LogP contribution in [0.2, 0.25) is 10.1 Å². The number of hydrogen-bond acceptors (Lipinski definition) is 2. The highest BCUT2D eigenvalue weighted by atomic mass is 28.3. The first-order valence-corrected chi connectivity index (χ1v) is 23.6. The average Bonchev–Trinajstić information content (AvgIpc) is 3.20. The van der Waals surface area contributed by atoms with E-state index in [1.54, 1.807) is 0 Å². The number of fused-ring (bicyclic) bond motifs is 2.